The Morgan fingerprint density at radius 1 is 1.21 bits per heavy atom. The molecule has 2 heterocycles. The summed E-state index contributed by atoms with van der Waals surface area (Å²) in [6.45, 7) is 1.56. The second kappa shape index (κ2) is 7.68. The number of aromatic nitrogens is 4. The number of H-pyrrole nitrogens is 2. The summed E-state index contributed by atoms with van der Waals surface area (Å²) < 4.78 is 12.9. The third kappa shape index (κ3) is 4.26. The molecule has 0 radical (unpaired) electrons. The number of nitrogens with zero attached hydrogens (tertiary/aromatic N) is 2. The topological polar surface area (TPSA) is 124 Å². The molecule has 0 saturated heterocycles. The molecule has 0 aliphatic rings. The lowest BCUT2D eigenvalue weighted by atomic mass is 10.1. The smallest absolute Gasteiger partial charge is 0.290 e. The van der Waals surface area contributed by atoms with Gasteiger partial charge in [0.1, 0.15) is 5.82 Å². The first kappa shape index (κ1) is 16.9. The molecule has 0 aliphatic heterocycles. The van der Waals surface area contributed by atoms with E-state index in [0.717, 1.165) is 11.3 Å². The van der Waals surface area contributed by atoms with Crippen molar-refractivity contribution in [2.45, 2.75) is 6.92 Å². The monoisotopic (exact) mass is 331 g/mol. The van der Waals surface area contributed by atoms with Gasteiger partial charge in [-0.2, -0.15) is 10.2 Å². The van der Waals surface area contributed by atoms with Crippen LogP contribution in [0.15, 0.2) is 36.4 Å². The highest BCUT2D eigenvalue weighted by Crippen LogP contribution is 2.20. The molecule has 0 spiro atoms. The molecule has 1 aromatic carbocycles. The first-order valence-electron chi connectivity index (χ1n) is 6.76. The number of carbonyl (C=O) groups excluding carboxylic acids is 1. The Hall–Kier alpha value is -3.49. The van der Waals surface area contributed by atoms with Crippen LogP contribution in [0.4, 0.5) is 10.2 Å². The SMILES string of the molecule is Cc1cc(C(=O)Nc2cc(-c3ccc(F)cc3)[nH]n2)n[nH]1.O=CO. The van der Waals surface area contributed by atoms with Crippen molar-refractivity contribution in [3.63, 3.8) is 0 Å². The highest BCUT2D eigenvalue weighted by atomic mass is 19.1. The molecule has 24 heavy (non-hydrogen) atoms. The first-order chi connectivity index (χ1) is 11.5. The minimum Gasteiger partial charge on any atom is -0.483 e. The zero-order chi connectivity index (χ0) is 17.5. The predicted octanol–water partition coefficient (Wildman–Crippen LogP) is 2.20. The molecule has 1 amide bonds. The van der Waals surface area contributed by atoms with Gasteiger partial charge in [-0.1, -0.05) is 0 Å². The van der Waals surface area contributed by atoms with E-state index in [9.17, 15) is 9.18 Å². The van der Waals surface area contributed by atoms with Gasteiger partial charge in [-0.05, 0) is 42.8 Å². The summed E-state index contributed by atoms with van der Waals surface area (Å²) in [5, 5.41) is 22.9. The van der Waals surface area contributed by atoms with E-state index in [1.54, 1.807) is 24.3 Å². The maximum atomic E-state index is 12.9. The molecule has 4 N–H and O–H groups in total. The van der Waals surface area contributed by atoms with Crippen LogP contribution in [0.3, 0.4) is 0 Å². The van der Waals surface area contributed by atoms with Gasteiger partial charge in [-0.3, -0.25) is 19.8 Å². The number of aryl methyl sites for hydroxylation is 1. The molecule has 3 aromatic rings. The van der Waals surface area contributed by atoms with Crippen LogP contribution in [0, 0.1) is 12.7 Å². The lowest BCUT2D eigenvalue weighted by molar-refractivity contribution is -0.122. The fourth-order valence-corrected chi connectivity index (χ4v) is 1.88. The average molecular weight is 331 g/mol. The fourth-order valence-electron chi connectivity index (χ4n) is 1.88. The van der Waals surface area contributed by atoms with Crippen molar-refractivity contribution in [3.8, 4) is 11.3 Å². The van der Waals surface area contributed by atoms with Crippen LogP contribution in [0.25, 0.3) is 11.3 Å². The quantitative estimate of drug-likeness (QED) is 0.548. The minimum absolute atomic E-state index is 0.250. The summed E-state index contributed by atoms with van der Waals surface area (Å²) in [6, 6.07) is 9.30. The van der Waals surface area contributed by atoms with Crippen LogP contribution in [0.1, 0.15) is 16.2 Å². The van der Waals surface area contributed by atoms with Crippen LogP contribution in [0.5, 0.6) is 0 Å². The Labute approximate surface area is 135 Å². The highest BCUT2D eigenvalue weighted by Gasteiger charge is 2.12. The molecule has 0 aliphatic carbocycles. The minimum atomic E-state index is -0.350. The number of aromatic amines is 2. The summed E-state index contributed by atoms with van der Waals surface area (Å²) in [7, 11) is 0. The van der Waals surface area contributed by atoms with Gasteiger partial charge >= 0.3 is 0 Å². The third-order valence-corrected chi connectivity index (χ3v) is 2.91. The lowest BCUT2D eigenvalue weighted by Crippen LogP contribution is -2.12. The summed E-state index contributed by atoms with van der Waals surface area (Å²) in [5.41, 5.74) is 2.55. The van der Waals surface area contributed by atoms with Gasteiger partial charge in [0.05, 0.1) is 5.69 Å². The number of hydrogen-bond donors (Lipinski definition) is 4. The number of hydrogen-bond acceptors (Lipinski definition) is 4. The van der Waals surface area contributed by atoms with Gasteiger partial charge in [-0.25, -0.2) is 4.39 Å². The van der Waals surface area contributed by atoms with Crippen molar-refractivity contribution in [1.82, 2.24) is 20.4 Å². The number of amides is 1. The Morgan fingerprint density at radius 2 is 1.88 bits per heavy atom. The Kier molecular flexibility index (Phi) is 5.40. The Morgan fingerprint density at radius 3 is 2.46 bits per heavy atom. The van der Waals surface area contributed by atoms with Gasteiger partial charge < -0.3 is 10.4 Å². The van der Waals surface area contributed by atoms with Crippen molar-refractivity contribution in [2.75, 3.05) is 5.32 Å². The molecule has 0 saturated carbocycles. The van der Waals surface area contributed by atoms with E-state index in [1.165, 1.54) is 12.1 Å². The van der Waals surface area contributed by atoms with E-state index in [-0.39, 0.29) is 18.2 Å². The standard InChI is InChI=1S/C14H12FN5O.CH2O2/c1-8-6-12(19-17-8)14(21)16-13-7-11(18-20-13)9-2-4-10(15)5-3-9;2-1-3/h2-7H,1H3,(H,17,19)(H2,16,18,20,21);1H,(H,2,3). The number of halogens is 1. The maximum absolute atomic E-state index is 12.9. The first-order valence-corrected chi connectivity index (χ1v) is 6.76. The van der Waals surface area contributed by atoms with Crippen molar-refractivity contribution in [2.24, 2.45) is 0 Å². The van der Waals surface area contributed by atoms with Gasteiger partial charge in [0.15, 0.2) is 11.5 Å². The van der Waals surface area contributed by atoms with Crippen molar-refractivity contribution in [1.29, 1.82) is 0 Å². The summed E-state index contributed by atoms with van der Waals surface area (Å²) in [5.74, 6) is -0.280. The zero-order valence-electron chi connectivity index (χ0n) is 12.6. The normalized spacial score (nSPS) is 9.75. The van der Waals surface area contributed by atoms with Gasteiger partial charge in [0, 0.05) is 11.8 Å². The van der Waals surface area contributed by atoms with Crippen molar-refractivity contribution >= 4 is 18.2 Å². The van der Waals surface area contributed by atoms with E-state index in [1.807, 2.05) is 6.92 Å². The lowest BCUT2D eigenvalue weighted by Gasteiger charge is -1.97. The molecule has 0 unspecified atom stereocenters. The molecule has 3 rings (SSSR count). The molecule has 0 bridgehead atoms. The summed E-state index contributed by atoms with van der Waals surface area (Å²) >= 11 is 0. The van der Waals surface area contributed by atoms with Crippen molar-refractivity contribution in [3.05, 3.63) is 53.6 Å². The number of anilines is 1. The number of carboxylic acid groups (broad SMARTS) is 1. The van der Waals surface area contributed by atoms with E-state index in [2.05, 4.69) is 25.7 Å². The summed E-state index contributed by atoms with van der Waals surface area (Å²) in [6.07, 6.45) is 0. The zero-order valence-corrected chi connectivity index (χ0v) is 12.6. The molecular weight excluding hydrogens is 317 g/mol. The molecule has 0 atom stereocenters. The predicted molar refractivity (Wildman–Crippen MR) is 84.0 cm³/mol. The molecule has 2 aromatic heterocycles. The second-order valence-corrected chi connectivity index (χ2v) is 4.67. The second-order valence-electron chi connectivity index (χ2n) is 4.67. The van der Waals surface area contributed by atoms with E-state index in [0.29, 0.717) is 17.2 Å². The number of rotatable bonds is 3. The fraction of sp³-hybridized carbons (Fsp3) is 0.0667. The van der Waals surface area contributed by atoms with Crippen LogP contribution in [-0.2, 0) is 4.79 Å². The molecule has 9 heteroatoms. The summed E-state index contributed by atoms with van der Waals surface area (Å²) in [4.78, 5) is 20.3. The van der Waals surface area contributed by atoms with Crippen molar-refractivity contribution < 1.29 is 19.1 Å². The van der Waals surface area contributed by atoms with Crippen LogP contribution < -0.4 is 5.32 Å². The Balaban J connectivity index is 0.000000647. The van der Waals surface area contributed by atoms with Gasteiger partial charge in [0.2, 0.25) is 0 Å². The van der Waals surface area contributed by atoms with Crippen LogP contribution in [0.2, 0.25) is 0 Å². The maximum Gasteiger partial charge on any atom is 0.290 e. The third-order valence-electron chi connectivity index (χ3n) is 2.91. The van der Waals surface area contributed by atoms with Crippen LogP contribution in [-0.4, -0.2) is 37.9 Å². The molecule has 0 fully saturated rings. The van der Waals surface area contributed by atoms with Crippen LogP contribution >= 0.6 is 0 Å². The van der Waals surface area contributed by atoms with Gasteiger partial charge in [0.25, 0.3) is 12.4 Å². The number of nitrogens with one attached hydrogen (secondary N) is 3. The van der Waals surface area contributed by atoms with E-state index in [4.69, 9.17) is 9.90 Å². The van der Waals surface area contributed by atoms with E-state index >= 15 is 0 Å². The number of benzene rings is 1. The molecule has 8 nitrogen and oxygen atoms in total. The Bertz CT molecular complexity index is 826. The molecular formula is C15H14FN5O3. The average Bonchev–Trinajstić information content (AvgIpc) is 3.18. The highest BCUT2D eigenvalue weighted by molar-refractivity contribution is 6.02. The van der Waals surface area contributed by atoms with Gasteiger partial charge in [-0.15, -0.1) is 0 Å². The number of carbonyl (C=O) groups is 2. The van der Waals surface area contributed by atoms with E-state index < -0.39 is 0 Å². The molecule has 124 valence electrons. The largest absolute Gasteiger partial charge is 0.483 e.